The van der Waals surface area contributed by atoms with Crippen LogP contribution in [0.5, 0.6) is 0 Å². The second-order valence-electron chi connectivity index (χ2n) is 4.55. The van der Waals surface area contributed by atoms with Gasteiger partial charge in [-0.25, -0.2) is 14.6 Å². The molecule has 1 unspecified atom stereocenters. The summed E-state index contributed by atoms with van der Waals surface area (Å²) in [5.74, 6) is -2.12. The zero-order valence-corrected chi connectivity index (χ0v) is 11.6. The van der Waals surface area contributed by atoms with Gasteiger partial charge >= 0.3 is 19.4 Å². The van der Waals surface area contributed by atoms with Gasteiger partial charge < -0.3 is 30.8 Å². The third-order valence-corrected chi connectivity index (χ3v) is 3.88. The summed E-state index contributed by atoms with van der Waals surface area (Å²) in [7, 11) is -4.94. The average molecular weight is 338 g/mol. The topological polar surface area (TPSA) is 219 Å². The smallest absolute Gasteiger partial charge is 0.476 e. The van der Waals surface area contributed by atoms with Crippen LogP contribution in [0, 0.1) is 0 Å². The van der Waals surface area contributed by atoms with Crippen molar-refractivity contribution in [3.63, 3.8) is 0 Å². The third-order valence-electron chi connectivity index (χ3n) is 3.04. The molecule has 122 valence electrons. The molecule has 0 amide bonds. The molecule has 0 aromatic carbocycles. The van der Waals surface area contributed by atoms with E-state index in [0.29, 0.717) is 0 Å². The van der Waals surface area contributed by atoms with Gasteiger partial charge in [-0.3, -0.25) is 0 Å². The van der Waals surface area contributed by atoms with Gasteiger partial charge in [0.15, 0.2) is 17.6 Å². The summed E-state index contributed by atoms with van der Waals surface area (Å²) in [6, 6.07) is 0. The summed E-state index contributed by atoms with van der Waals surface area (Å²) in [5, 5.41) is 28.4. The van der Waals surface area contributed by atoms with Gasteiger partial charge in [-0.1, -0.05) is 0 Å². The Morgan fingerprint density at radius 3 is 2.27 bits per heavy atom. The molecule has 1 aromatic heterocycles. The van der Waals surface area contributed by atoms with Gasteiger partial charge in [0.2, 0.25) is 0 Å². The summed E-state index contributed by atoms with van der Waals surface area (Å²) in [5.41, 5.74) is 3.27. The van der Waals surface area contributed by atoms with Crippen LogP contribution in [0.3, 0.4) is 0 Å². The van der Waals surface area contributed by atoms with Gasteiger partial charge in [-0.2, -0.15) is 14.7 Å². The number of carbonyl (C=O) groups is 2. The van der Waals surface area contributed by atoms with Crippen molar-refractivity contribution in [3.05, 3.63) is 11.5 Å². The molecule has 1 aliphatic heterocycles. The minimum atomic E-state index is -4.94. The molecule has 2 rings (SSSR count). The molecule has 0 saturated carbocycles. The summed E-state index contributed by atoms with van der Waals surface area (Å²) in [6.07, 6.45) is -7.03. The van der Waals surface area contributed by atoms with E-state index in [2.05, 4.69) is 9.97 Å². The molecular formula is C9H13N3O9P+. The van der Waals surface area contributed by atoms with Crippen molar-refractivity contribution in [2.24, 2.45) is 0 Å². The van der Waals surface area contributed by atoms with Gasteiger partial charge in [0, 0.05) is 0 Å². The average Bonchev–Trinajstić information content (AvgIpc) is 2.90. The number of hydrogen-bond acceptors (Lipinski definition) is 10. The number of H-pyrrole nitrogens is 1. The molecular weight excluding hydrogens is 325 g/mol. The molecule has 1 aromatic rings. The highest BCUT2D eigenvalue weighted by molar-refractivity contribution is 7.76. The maximum atomic E-state index is 11.5. The van der Waals surface area contributed by atoms with Crippen LogP contribution in [0.25, 0.3) is 0 Å². The van der Waals surface area contributed by atoms with Crippen molar-refractivity contribution in [3.8, 4) is 0 Å². The molecule has 12 nitrogen and oxygen atoms in total. The molecule has 0 radical (unpaired) electrons. The predicted molar refractivity (Wildman–Crippen MR) is 68.2 cm³/mol. The Morgan fingerprint density at radius 2 is 1.82 bits per heavy atom. The Balaban J connectivity index is 2.29. The maximum absolute atomic E-state index is 11.5. The van der Waals surface area contributed by atoms with E-state index in [9.17, 15) is 19.8 Å². The Kier molecular flexibility index (Phi) is 4.19. The predicted octanol–water partition coefficient (Wildman–Crippen LogP) is -2.88. The van der Waals surface area contributed by atoms with Gasteiger partial charge in [0.1, 0.15) is 24.1 Å². The molecule has 2 heterocycles. The lowest BCUT2D eigenvalue weighted by atomic mass is 10.1. The van der Waals surface area contributed by atoms with Crippen molar-refractivity contribution in [2.75, 3.05) is 5.73 Å². The number of nitrogens with one attached hydrogen (secondary N) is 1. The van der Waals surface area contributed by atoms with Crippen LogP contribution in [0.4, 0.5) is 5.82 Å². The van der Waals surface area contributed by atoms with E-state index in [-0.39, 0.29) is 5.82 Å². The number of hydrogen-bond donors (Lipinski definition) is 8. The number of aromatic nitrogens is 2. The number of ether oxygens (including phenoxy) is 1. The monoisotopic (exact) mass is 338 g/mol. The zero-order chi connectivity index (χ0) is 16.8. The molecule has 1 aliphatic rings. The Labute approximate surface area is 122 Å². The number of carboxylic acid groups (broad SMARTS) is 1. The van der Waals surface area contributed by atoms with Crippen LogP contribution in [-0.4, -0.2) is 69.8 Å². The molecule has 0 aliphatic carbocycles. The van der Waals surface area contributed by atoms with E-state index in [1.165, 1.54) is 0 Å². The van der Waals surface area contributed by atoms with Gasteiger partial charge in [-0.15, -0.1) is 0 Å². The Bertz CT molecular complexity index is 612. The molecule has 1 saturated heterocycles. The number of aliphatic hydroxyl groups excluding tert-OH is 2. The summed E-state index contributed by atoms with van der Waals surface area (Å²) in [6.45, 7) is 0. The third kappa shape index (κ3) is 2.80. The highest BCUT2D eigenvalue weighted by Crippen LogP contribution is 2.50. The molecule has 1 fully saturated rings. The van der Waals surface area contributed by atoms with Crippen molar-refractivity contribution in [1.82, 2.24) is 9.97 Å². The van der Waals surface area contributed by atoms with E-state index in [0.717, 1.165) is 0 Å². The van der Waals surface area contributed by atoms with Crippen LogP contribution in [0.1, 0.15) is 22.4 Å². The minimum absolute atomic E-state index is 0.283. The number of nitrogen functional groups attached to an aromatic ring is 1. The quantitative estimate of drug-likeness (QED) is 0.260. The van der Waals surface area contributed by atoms with Gasteiger partial charge in [0.25, 0.3) is 0 Å². The zero-order valence-electron chi connectivity index (χ0n) is 10.7. The number of aromatic amines is 1. The number of aliphatic hydroxyl groups is 2. The number of rotatable bonds is 4. The first kappa shape index (κ1) is 16.7. The van der Waals surface area contributed by atoms with Crippen molar-refractivity contribution < 1.29 is 44.3 Å². The van der Waals surface area contributed by atoms with E-state index in [1.54, 1.807) is 0 Å². The van der Waals surface area contributed by atoms with E-state index in [1.807, 2.05) is 0 Å². The Morgan fingerprint density at radius 1 is 1.23 bits per heavy atom. The fourth-order valence-electron chi connectivity index (χ4n) is 1.98. The Hall–Kier alpha value is -1.66. The van der Waals surface area contributed by atoms with Crippen LogP contribution in [-0.2, 0) is 9.53 Å². The molecule has 0 bridgehead atoms. The lowest BCUT2D eigenvalue weighted by Crippen LogP contribution is -2.36. The van der Waals surface area contributed by atoms with Crippen LogP contribution >= 0.6 is 7.94 Å². The first-order valence-electron chi connectivity index (χ1n) is 5.76. The van der Waals surface area contributed by atoms with E-state index >= 15 is 0 Å². The lowest BCUT2D eigenvalue weighted by molar-refractivity contribution is -0.128. The van der Waals surface area contributed by atoms with Crippen LogP contribution < -0.4 is 5.73 Å². The number of aromatic carboxylic acids is 1. The first-order valence-corrected chi connectivity index (χ1v) is 7.40. The number of imidazole rings is 1. The lowest BCUT2D eigenvalue weighted by Gasteiger charge is -2.11. The highest BCUT2D eigenvalue weighted by Gasteiger charge is 2.58. The van der Waals surface area contributed by atoms with Crippen LogP contribution in [0.15, 0.2) is 0 Å². The SMILES string of the molecule is Nc1nc(C2O[C@H](C(=O)[P+](O)(O)O)[C@@H](O)[C@H]2O)[nH]c1C(=O)O. The fourth-order valence-corrected chi connectivity index (χ4v) is 2.54. The standard InChI is InChI=1S/C9H12N3O9P/c10-6-1(8(15)16)11-7(12-6)4-2(13)3(14)5(21-4)9(17)22(18,19)20/h2-5,13-14,18-20H,10H2,(H-,11,12,15,16)/p+1/t2-,3+,4?,5+/m1/s1. The first-order chi connectivity index (χ1) is 10.0. The number of anilines is 1. The second kappa shape index (κ2) is 5.52. The highest BCUT2D eigenvalue weighted by atomic mass is 31.2. The molecule has 9 N–H and O–H groups in total. The van der Waals surface area contributed by atoms with E-state index in [4.69, 9.17) is 30.3 Å². The van der Waals surface area contributed by atoms with Crippen molar-refractivity contribution in [2.45, 2.75) is 24.4 Å². The van der Waals surface area contributed by atoms with Gasteiger partial charge in [0.05, 0.1) is 0 Å². The summed E-state index contributed by atoms with van der Waals surface area (Å²) in [4.78, 5) is 55.0. The van der Waals surface area contributed by atoms with E-state index < -0.39 is 55.4 Å². The summed E-state index contributed by atoms with van der Waals surface area (Å²) >= 11 is 0. The largest absolute Gasteiger partial charge is 0.481 e. The molecule has 13 heteroatoms. The number of carboxylic acids is 1. The normalized spacial score (nSPS) is 28.8. The summed E-state index contributed by atoms with van der Waals surface area (Å²) < 4.78 is 4.96. The minimum Gasteiger partial charge on any atom is -0.476 e. The molecule has 0 spiro atoms. The molecule has 4 atom stereocenters. The number of nitrogens with zero attached hydrogens (tertiary/aromatic N) is 1. The van der Waals surface area contributed by atoms with Crippen molar-refractivity contribution in [1.29, 1.82) is 0 Å². The molecule has 22 heavy (non-hydrogen) atoms. The maximum Gasteiger partial charge on any atom is 0.481 e. The number of nitrogens with two attached hydrogens (primary N) is 1. The number of carbonyl (C=O) groups excluding carboxylic acids is 1. The van der Waals surface area contributed by atoms with Gasteiger partial charge in [-0.05, 0) is 0 Å². The van der Waals surface area contributed by atoms with Crippen molar-refractivity contribution >= 4 is 25.3 Å². The fraction of sp³-hybridized carbons (Fsp3) is 0.444. The van der Waals surface area contributed by atoms with Crippen LogP contribution in [0.2, 0.25) is 0 Å². The second-order valence-corrected chi connectivity index (χ2v) is 6.13.